The van der Waals surface area contributed by atoms with Gasteiger partial charge in [0.1, 0.15) is 0 Å². The molecule has 1 heteroatoms. The zero-order valence-corrected chi connectivity index (χ0v) is 9.02. The molecule has 0 rings (SSSR count). The van der Waals surface area contributed by atoms with Crippen LogP contribution in [0.1, 0.15) is 41.0 Å². The van der Waals surface area contributed by atoms with Crippen molar-refractivity contribution in [1.82, 2.24) is 0 Å². The van der Waals surface area contributed by atoms with Crippen molar-refractivity contribution < 1.29 is 0 Å². The maximum absolute atomic E-state index is 4.49. The molecule has 0 aromatic carbocycles. The van der Waals surface area contributed by atoms with Gasteiger partial charge in [0.2, 0.25) is 0 Å². The molecule has 0 amide bonds. The van der Waals surface area contributed by atoms with Gasteiger partial charge in [0.25, 0.3) is 0 Å². The molecule has 0 fully saturated rings. The van der Waals surface area contributed by atoms with Crippen LogP contribution in [0.2, 0.25) is 0 Å². The average Bonchev–Trinajstić information content (AvgIpc) is 2.00. The van der Waals surface area contributed by atoms with Crippen LogP contribution in [0.25, 0.3) is 0 Å². The highest BCUT2D eigenvalue weighted by Gasteiger charge is 1.96. The fraction of sp³-hybridized carbons (Fsp3) is 0.727. The Balaban J connectivity index is 3.95. The summed E-state index contributed by atoms with van der Waals surface area (Å²) in [6, 6.07) is 0. The Kier molecular flexibility index (Phi) is 5.69. The third kappa shape index (κ3) is 5.11. The van der Waals surface area contributed by atoms with Crippen molar-refractivity contribution >= 4 is 5.71 Å². The molecule has 0 saturated heterocycles. The highest BCUT2D eigenvalue weighted by atomic mass is 14.7. The van der Waals surface area contributed by atoms with Crippen molar-refractivity contribution in [3.8, 4) is 0 Å². The van der Waals surface area contributed by atoms with Gasteiger partial charge in [-0.2, -0.15) is 0 Å². The van der Waals surface area contributed by atoms with Gasteiger partial charge in [0, 0.05) is 5.71 Å². The van der Waals surface area contributed by atoms with Crippen LogP contribution < -0.4 is 0 Å². The highest BCUT2D eigenvalue weighted by molar-refractivity contribution is 5.83. The van der Waals surface area contributed by atoms with Gasteiger partial charge in [-0.3, -0.25) is 4.99 Å². The summed E-state index contributed by atoms with van der Waals surface area (Å²) >= 11 is 0. The second kappa shape index (κ2) is 5.99. The van der Waals surface area contributed by atoms with Crippen LogP contribution >= 0.6 is 0 Å². The first-order valence-corrected chi connectivity index (χ1v) is 4.74. The van der Waals surface area contributed by atoms with Crippen LogP contribution in [0.3, 0.4) is 0 Å². The van der Waals surface area contributed by atoms with E-state index in [0.717, 1.165) is 13.0 Å². The van der Waals surface area contributed by atoms with Crippen molar-refractivity contribution in [2.24, 2.45) is 10.9 Å². The Bertz CT molecular complexity index is 175. The monoisotopic (exact) mass is 167 g/mol. The third-order valence-electron chi connectivity index (χ3n) is 1.97. The van der Waals surface area contributed by atoms with E-state index >= 15 is 0 Å². The Morgan fingerprint density at radius 2 is 1.92 bits per heavy atom. The topological polar surface area (TPSA) is 12.4 Å². The number of aliphatic imine (C=N–C) groups is 1. The van der Waals surface area contributed by atoms with Gasteiger partial charge in [-0.05, 0) is 26.2 Å². The van der Waals surface area contributed by atoms with Crippen LogP contribution in [0.15, 0.2) is 16.6 Å². The van der Waals surface area contributed by atoms with Gasteiger partial charge in [-0.1, -0.05) is 32.4 Å². The van der Waals surface area contributed by atoms with Crippen LogP contribution in [0.4, 0.5) is 0 Å². The van der Waals surface area contributed by atoms with Gasteiger partial charge in [-0.25, -0.2) is 0 Å². The maximum atomic E-state index is 4.49. The van der Waals surface area contributed by atoms with E-state index in [0.29, 0.717) is 5.92 Å². The predicted molar refractivity (Wildman–Crippen MR) is 56.9 cm³/mol. The molecule has 0 aromatic rings. The lowest BCUT2D eigenvalue weighted by Crippen LogP contribution is -2.02. The van der Waals surface area contributed by atoms with Gasteiger partial charge < -0.3 is 0 Å². The van der Waals surface area contributed by atoms with Gasteiger partial charge in [0.05, 0.1) is 6.54 Å². The minimum absolute atomic E-state index is 0.583. The number of hydrogen-bond acceptors (Lipinski definition) is 1. The summed E-state index contributed by atoms with van der Waals surface area (Å²) in [5.74, 6) is 0.583. The fourth-order valence-electron chi connectivity index (χ4n) is 0.845. The molecule has 0 aliphatic heterocycles. The maximum Gasteiger partial charge on any atom is 0.0596 e. The zero-order valence-electron chi connectivity index (χ0n) is 9.02. The Morgan fingerprint density at radius 1 is 1.33 bits per heavy atom. The zero-order chi connectivity index (χ0) is 9.56. The minimum atomic E-state index is 0.583. The lowest BCUT2D eigenvalue weighted by Gasteiger charge is -2.03. The number of rotatable bonds is 4. The molecule has 12 heavy (non-hydrogen) atoms. The van der Waals surface area contributed by atoms with Crippen molar-refractivity contribution in [3.05, 3.63) is 11.6 Å². The van der Waals surface area contributed by atoms with E-state index in [2.05, 4.69) is 45.7 Å². The van der Waals surface area contributed by atoms with Crippen LogP contribution in [0.5, 0.6) is 0 Å². The molecule has 0 spiro atoms. The molecule has 0 unspecified atom stereocenters. The van der Waals surface area contributed by atoms with Gasteiger partial charge in [0.15, 0.2) is 0 Å². The lowest BCUT2D eigenvalue weighted by molar-refractivity contribution is 0.867. The molecule has 0 saturated carbocycles. The number of allylic oxidation sites excluding steroid dienone is 1. The molecule has 0 aliphatic rings. The lowest BCUT2D eigenvalue weighted by atomic mass is 10.1. The quantitative estimate of drug-likeness (QED) is 0.449. The smallest absolute Gasteiger partial charge is 0.0596 e. The molecule has 0 atom stereocenters. The molecule has 0 aliphatic carbocycles. The highest BCUT2D eigenvalue weighted by Crippen LogP contribution is 2.00. The van der Waals surface area contributed by atoms with Crippen molar-refractivity contribution in [1.29, 1.82) is 0 Å². The van der Waals surface area contributed by atoms with E-state index < -0.39 is 0 Å². The van der Waals surface area contributed by atoms with Crippen molar-refractivity contribution in [2.45, 2.75) is 41.0 Å². The first kappa shape index (κ1) is 11.4. The van der Waals surface area contributed by atoms with Crippen LogP contribution in [0, 0.1) is 5.92 Å². The van der Waals surface area contributed by atoms with Crippen molar-refractivity contribution in [3.63, 3.8) is 0 Å². The predicted octanol–water partition coefficient (Wildman–Crippen LogP) is 3.46. The van der Waals surface area contributed by atoms with E-state index in [1.807, 2.05) is 0 Å². The van der Waals surface area contributed by atoms with E-state index in [1.165, 1.54) is 11.3 Å². The molecule has 0 N–H and O–H groups in total. The molecule has 1 nitrogen and oxygen atoms in total. The molecule has 0 radical (unpaired) electrons. The second-order valence-electron chi connectivity index (χ2n) is 3.57. The largest absolute Gasteiger partial charge is 0.290 e. The van der Waals surface area contributed by atoms with Crippen molar-refractivity contribution in [2.75, 3.05) is 6.54 Å². The molecule has 0 bridgehead atoms. The molecular weight excluding hydrogens is 146 g/mol. The fourth-order valence-corrected chi connectivity index (χ4v) is 0.845. The summed E-state index contributed by atoms with van der Waals surface area (Å²) in [5.41, 5.74) is 2.62. The van der Waals surface area contributed by atoms with E-state index in [9.17, 15) is 0 Å². The van der Waals surface area contributed by atoms with Gasteiger partial charge >= 0.3 is 0 Å². The van der Waals surface area contributed by atoms with E-state index in [4.69, 9.17) is 0 Å². The number of nitrogens with zero attached hydrogens (tertiary/aromatic N) is 1. The summed E-state index contributed by atoms with van der Waals surface area (Å²) in [6.07, 6.45) is 3.35. The van der Waals surface area contributed by atoms with E-state index in [-0.39, 0.29) is 0 Å². The first-order valence-electron chi connectivity index (χ1n) is 4.74. The summed E-state index contributed by atoms with van der Waals surface area (Å²) < 4.78 is 0. The Morgan fingerprint density at radius 3 is 2.33 bits per heavy atom. The van der Waals surface area contributed by atoms with Crippen LogP contribution in [-0.4, -0.2) is 12.3 Å². The summed E-state index contributed by atoms with van der Waals surface area (Å²) in [7, 11) is 0. The normalized spacial score (nSPS) is 14.2. The molecule has 0 aromatic heterocycles. The number of hydrogen-bond donors (Lipinski definition) is 0. The van der Waals surface area contributed by atoms with Crippen LogP contribution in [-0.2, 0) is 0 Å². The standard InChI is InChI=1S/C11H21N/c1-6-7-10(4)8-12-11(5)9(2)3/h7,9H,6,8H2,1-5H3/b10-7+,12-11-. The summed E-state index contributed by atoms with van der Waals surface area (Å²) in [5, 5.41) is 0. The minimum Gasteiger partial charge on any atom is -0.290 e. The molecular formula is C11H21N. The third-order valence-corrected chi connectivity index (χ3v) is 1.97. The second-order valence-corrected chi connectivity index (χ2v) is 3.57. The van der Waals surface area contributed by atoms with E-state index in [1.54, 1.807) is 0 Å². The Hall–Kier alpha value is -0.590. The first-order chi connectivity index (χ1) is 5.57. The summed E-state index contributed by atoms with van der Waals surface area (Å²) in [6.45, 7) is 11.6. The SMILES string of the molecule is CC/C=C(\C)C/N=C(/C)C(C)C. The summed E-state index contributed by atoms with van der Waals surface area (Å²) in [4.78, 5) is 4.49. The Labute approximate surface area is 76.6 Å². The van der Waals surface area contributed by atoms with Gasteiger partial charge in [-0.15, -0.1) is 0 Å². The average molecular weight is 167 g/mol. The molecule has 70 valence electrons. The molecule has 0 heterocycles.